The maximum Gasteiger partial charge on any atom is 0.142 e. The average molecular weight is 288 g/mol. The molecule has 1 aliphatic rings. The minimum Gasteiger partial charge on any atom is -0.491 e. The third kappa shape index (κ3) is 2.48. The Morgan fingerprint density at radius 1 is 1.15 bits per heavy atom. The van der Waals surface area contributed by atoms with Crippen LogP contribution in [0.4, 0.5) is 11.4 Å². The number of nitrogens with zero attached hydrogens (tertiary/aromatic N) is 1. The fraction of sp³-hybridized carbons (Fsp3) is 0.294. The fourth-order valence-corrected chi connectivity index (χ4v) is 2.85. The summed E-state index contributed by atoms with van der Waals surface area (Å²) in [5, 5.41) is 0. The van der Waals surface area contributed by atoms with Crippen molar-refractivity contribution < 1.29 is 4.74 Å². The highest BCUT2D eigenvalue weighted by atomic mass is 35.5. The van der Waals surface area contributed by atoms with Gasteiger partial charge in [-0.05, 0) is 42.7 Å². The number of alkyl halides is 1. The molecule has 0 radical (unpaired) electrons. The van der Waals surface area contributed by atoms with Gasteiger partial charge in [-0.3, -0.25) is 0 Å². The van der Waals surface area contributed by atoms with Crippen molar-refractivity contribution in [3.05, 3.63) is 53.6 Å². The van der Waals surface area contributed by atoms with Crippen LogP contribution >= 0.6 is 11.6 Å². The largest absolute Gasteiger partial charge is 0.491 e. The number of benzene rings is 2. The fourth-order valence-electron chi connectivity index (χ4n) is 2.68. The van der Waals surface area contributed by atoms with E-state index in [0.717, 1.165) is 36.6 Å². The maximum absolute atomic E-state index is 5.91. The third-order valence-electron chi connectivity index (χ3n) is 3.65. The number of aryl methyl sites for hydroxylation is 1. The van der Waals surface area contributed by atoms with E-state index in [1.54, 1.807) is 0 Å². The smallest absolute Gasteiger partial charge is 0.142 e. The molecule has 1 heterocycles. The third-order valence-corrected chi connectivity index (χ3v) is 3.95. The number of halogens is 1. The van der Waals surface area contributed by atoms with Gasteiger partial charge in [0.1, 0.15) is 5.75 Å². The lowest BCUT2D eigenvalue weighted by molar-refractivity contribution is 0.322. The molecule has 0 unspecified atom stereocenters. The van der Waals surface area contributed by atoms with Gasteiger partial charge in [0.2, 0.25) is 0 Å². The first kappa shape index (κ1) is 13.3. The molecule has 0 aromatic heterocycles. The van der Waals surface area contributed by atoms with Crippen LogP contribution in [-0.4, -0.2) is 13.2 Å². The highest BCUT2D eigenvalue weighted by Crippen LogP contribution is 2.37. The summed E-state index contributed by atoms with van der Waals surface area (Å²) in [5.41, 5.74) is 4.79. The second-order valence-corrected chi connectivity index (χ2v) is 5.34. The van der Waals surface area contributed by atoms with Crippen LogP contribution in [-0.2, 0) is 5.88 Å². The predicted molar refractivity (Wildman–Crippen MR) is 84.3 cm³/mol. The van der Waals surface area contributed by atoms with Gasteiger partial charge in [0.05, 0.1) is 12.3 Å². The van der Waals surface area contributed by atoms with E-state index in [0.29, 0.717) is 5.88 Å². The van der Waals surface area contributed by atoms with Crippen LogP contribution in [0.3, 0.4) is 0 Å². The molecule has 0 aliphatic carbocycles. The molecule has 0 saturated heterocycles. The molecule has 0 spiro atoms. The van der Waals surface area contributed by atoms with Gasteiger partial charge < -0.3 is 9.64 Å². The van der Waals surface area contributed by atoms with Crippen molar-refractivity contribution in [3.8, 4) is 5.75 Å². The molecule has 0 atom stereocenters. The number of fused-ring (bicyclic) bond motifs is 1. The lowest BCUT2D eigenvalue weighted by Crippen LogP contribution is -2.18. The van der Waals surface area contributed by atoms with Crippen LogP contribution in [0.25, 0.3) is 0 Å². The Morgan fingerprint density at radius 3 is 2.80 bits per heavy atom. The highest BCUT2D eigenvalue weighted by molar-refractivity contribution is 6.17. The zero-order valence-electron chi connectivity index (χ0n) is 11.6. The SMILES string of the molecule is Cc1cc(CCl)ccc1N1CCCOc2ccccc21. The van der Waals surface area contributed by atoms with Gasteiger partial charge in [0.25, 0.3) is 0 Å². The molecule has 0 saturated carbocycles. The standard InChI is InChI=1S/C17H18ClNO/c1-13-11-14(12-18)7-8-15(13)19-9-4-10-20-17-6-3-2-5-16(17)19/h2-3,5-8,11H,4,9-10,12H2,1H3. The topological polar surface area (TPSA) is 12.5 Å². The van der Waals surface area contributed by atoms with Crippen molar-refractivity contribution in [2.24, 2.45) is 0 Å². The van der Waals surface area contributed by atoms with Crippen LogP contribution in [0, 0.1) is 6.92 Å². The van der Waals surface area contributed by atoms with Crippen molar-refractivity contribution in [1.82, 2.24) is 0 Å². The van der Waals surface area contributed by atoms with E-state index >= 15 is 0 Å². The van der Waals surface area contributed by atoms with Crippen LogP contribution < -0.4 is 9.64 Å². The average Bonchev–Trinajstić information content (AvgIpc) is 2.69. The predicted octanol–water partition coefficient (Wildman–Crippen LogP) is 4.65. The van der Waals surface area contributed by atoms with E-state index in [1.165, 1.54) is 11.3 Å². The van der Waals surface area contributed by atoms with Crippen LogP contribution in [0.5, 0.6) is 5.75 Å². The number of hydrogen-bond donors (Lipinski definition) is 0. The number of hydrogen-bond acceptors (Lipinski definition) is 2. The van der Waals surface area contributed by atoms with Gasteiger partial charge in [-0.15, -0.1) is 11.6 Å². The first-order valence-corrected chi connectivity index (χ1v) is 7.48. The van der Waals surface area contributed by atoms with Crippen molar-refractivity contribution in [3.63, 3.8) is 0 Å². The molecule has 0 bridgehead atoms. The first-order valence-electron chi connectivity index (χ1n) is 6.94. The Kier molecular flexibility index (Phi) is 3.83. The zero-order valence-corrected chi connectivity index (χ0v) is 12.4. The second kappa shape index (κ2) is 5.76. The number of anilines is 2. The van der Waals surface area contributed by atoms with Gasteiger partial charge in [0.15, 0.2) is 0 Å². The molecule has 3 heteroatoms. The van der Waals surface area contributed by atoms with Crippen LogP contribution in [0.2, 0.25) is 0 Å². The van der Waals surface area contributed by atoms with Gasteiger partial charge in [-0.1, -0.05) is 24.3 Å². The molecule has 2 aromatic rings. The molecule has 0 fully saturated rings. The monoisotopic (exact) mass is 287 g/mol. The minimum absolute atomic E-state index is 0.556. The van der Waals surface area contributed by atoms with E-state index in [9.17, 15) is 0 Å². The van der Waals surface area contributed by atoms with Crippen molar-refractivity contribution in [2.45, 2.75) is 19.2 Å². The molecular weight excluding hydrogens is 270 g/mol. The lowest BCUT2D eigenvalue weighted by atomic mass is 10.1. The van der Waals surface area contributed by atoms with E-state index in [1.807, 2.05) is 12.1 Å². The molecule has 2 nitrogen and oxygen atoms in total. The quantitative estimate of drug-likeness (QED) is 0.745. The van der Waals surface area contributed by atoms with E-state index < -0.39 is 0 Å². The minimum atomic E-state index is 0.556. The van der Waals surface area contributed by atoms with Gasteiger partial charge in [-0.2, -0.15) is 0 Å². The second-order valence-electron chi connectivity index (χ2n) is 5.08. The van der Waals surface area contributed by atoms with Crippen LogP contribution in [0.15, 0.2) is 42.5 Å². The number of rotatable bonds is 2. The van der Waals surface area contributed by atoms with Crippen molar-refractivity contribution in [2.75, 3.05) is 18.1 Å². The summed E-state index contributed by atoms with van der Waals surface area (Å²) >= 11 is 5.91. The Morgan fingerprint density at radius 2 is 2.00 bits per heavy atom. The summed E-state index contributed by atoms with van der Waals surface area (Å²) in [6.45, 7) is 3.88. The van der Waals surface area contributed by atoms with E-state index in [2.05, 4.69) is 42.2 Å². The summed E-state index contributed by atoms with van der Waals surface area (Å²) < 4.78 is 5.82. The molecular formula is C17H18ClNO. The maximum atomic E-state index is 5.91. The summed E-state index contributed by atoms with van der Waals surface area (Å²) in [6, 6.07) is 14.7. The van der Waals surface area contributed by atoms with Crippen molar-refractivity contribution >= 4 is 23.0 Å². The normalized spacial score (nSPS) is 14.4. The summed E-state index contributed by atoms with van der Waals surface area (Å²) in [6.07, 6.45) is 1.02. The Balaban J connectivity index is 2.05. The van der Waals surface area contributed by atoms with Crippen LogP contribution in [0.1, 0.15) is 17.5 Å². The Bertz CT molecular complexity index is 612. The highest BCUT2D eigenvalue weighted by Gasteiger charge is 2.18. The Labute approximate surface area is 124 Å². The number of ether oxygens (including phenoxy) is 1. The van der Waals surface area contributed by atoms with E-state index in [4.69, 9.17) is 16.3 Å². The molecule has 20 heavy (non-hydrogen) atoms. The lowest BCUT2D eigenvalue weighted by Gasteiger charge is -2.26. The molecule has 2 aromatic carbocycles. The first-order chi connectivity index (χ1) is 9.79. The summed E-state index contributed by atoms with van der Waals surface area (Å²) in [4.78, 5) is 2.34. The molecule has 0 N–H and O–H groups in total. The molecule has 104 valence electrons. The van der Waals surface area contributed by atoms with Gasteiger partial charge >= 0.3 is 0 Å². The van der Waals surface area contributed by atoms with E-state index in [-0.39, 0.29) is 0 Å². The molecule has 3 rings (SSSR count). The van der Waals surface area contributed by atoms with Gasteiger partial charge in [0, 0.05) is 18.1 Å². The molecule has 1 aliphatic heterocycles. The Hall–Kier alpha value is -1.67. The van der Waals surface area contributed by atoms with Gasteiger partial charge in [-0.25, -0.2) is 0 Å². The molecule has 0 amide bonds. The number of para-hydroxylation sites is 2. The summed E-state index contributed by atoms with van der Waals surface area (Å²) in [7, 11) is 0. The zero-order chi connectivity index (χ0) is 13.9. The van der Waals surface area contributed by atoms with Crippen molar-refractivity contribution in [1.29, 1.82) is 0 Å². The summed E-state index contributed by atoms with van der Waals surface area (Å²) in [5.74, 6) is 1.52.